The van der Waals surface area contributed by atoms with Crippen LogP contribution in [0.3, 0.4) is 0 Å². The highest BCUT2D eigenvalue weighted by atomic mass is 16.4. The van der Waals surface area contributed by atoms with Crippen molar-refractivity contribution in [3.63, 3.8) is 0 Å². The van der Waals surface area contributed by atoms with Gasteiger partial charge in [-0.2, -0.15) is 0 Å². The highest BCUT2D eigenvalue weighted by molar-refractivity contribution is 5.67. The van der Waals surface area contributed by atoms with Gasteiger partial charge in [0.1, 0.15) is 0 Å². The van der Waals surface area contributed by atoms with Crippen molar-refractivity contribution >= 4 is 5.97 Å². The van der Waals surface area contributed by atoms with E-state index in [9.17, 15) is 4.79 Å². The summed E-state index contributed by atoms with van der Waals surface area (Å²) < 4.78 is 0. The van der Waals surface area contributed by atoms with Gasteiger partial charge in [-0.15, -0.1) is 0 Å². The summed E-state index contributed by atoms with van der Waals surface area (Å²) in [5.74, 6) is 0.540. The molecule has 0 atom stereocenters. The zero-order chi connectivity index (χ0) is 13.9. The quantitative estimate of drug-likeness (QED) is 0.895. The molecule has 0 spiro atoms. The molecule has 3 rings (SSSR count). The van der Waals surface area contributed by atoms with Crippen LogP contribution in [-0.4, -0.2) is 29.1 Å². The predicted molar refractivity (Wildman–Crippen MR) is 78.7 cm³/mol. The molecule has 1 saturated carbocycles. The molecule has 1 aliphatic heterocycles. The number of nitrogens with zero attached hydrogens (tertiary/aromatic N) is 1. The Bertz CT molecular complexity index is 474. The average Bonchev–Trinajstić information content (AvgIpc) is 3.25. The Kier molecular flexibility index (Phi) is 4.06. The van der Waals surface area contributed by atoms with Crippen molar-refractivity contribution in [1.29, 1.82) is 0 Å². The summed E-state index contributed by atoms with van der Waals surface area (Å²) in [6.45, 7) is 3.08. The van der Waals surface area contributed by atoms with Gasteiger partial charge >= 0.3 is 5.97 Å². The van der Waals surface area contributed by atoms with Gasteiger partial charge in [0.2, 0.25) is 0 Å². The maximum Gasteiger partial charge on any atom is 0.303 e. The Morgan fingerprint density at radius 2 is 1.95 bits per heavy atom. The molecule has 1 N–H and O–H groups in total. The van der Waals surface area contributed by atoms with E-state index in [0.717, 1.165) is 38.4 Å². The van der Waals surface area contributed by atoms with Gasteiger partial charge in [-0.05, 0) is 61.7 Å². The zero-order valence-corrected chi connectivity index (χ0v) is 11.9. The van der Waals surface area contributed by atoms with E-state index in [0.29, 0.717) is 12.3 Å². The van der Waals surface area contributed by atoms with Crippen molar-refractivity contribution in [2.45, 2.75) is 44.6 Å². The molecule has 0 unspecified atom stereocenters. The minimum atomic E-state index is -0.652. The Morgan fingerprint density at radius 3 is 2.60 bits per heavy atom. The van der Waals surface area contributed by atoms with Crippen molar-refractivity contribution in [2.24, 2.45) is 5.92 Å². The lowest BCUT2D eigenvalue weighted by atomic mass is 9.93. The fourth-order valence-corrected chi connectivity index (χ4v) is 3.22. The van der Waals surface area contributed by atoms with E-state index in [-0.39, 0.29) is 0 Å². The molecule has 3 nitrogen and oxygen atoms in total. The van der Waals surface area contributed by atoms with E-state index in [1.807, 2.05) is 0 Å². The molecule has 1 aromatic rings. The Morgan fingerprint density at radius 1 is 1.20 bits per heavy atom. The Balaban J connectivity index is 1.51. The number of piperidine rings is 1. The van der Waals surface area contributed by atoms with Gasteiger partial charge in [-0.3, -0.25) is 9.69 Å². The van der Waals surface area contributed by atoms with E-state index in [1.54, 1.807) is 0 Å². The average molecular weight is 273 g/mol. The van der Waals surface area contributed by atoms with Crippen molar-refractivity contribution in [3.8, 4) is 0 Å². The third kappa shape index (κ3) is 3.60. The molecule has 0 amide bonds. The number of carboxylic acids is 1. The van der Waals surface area contributed by atoms with Crippen LogP contribution in [0.4, 0.5) is 0 Å². The second-order valence-electron chi connectivity index (χ2n) is 6.34. The molecule has 1 aliphatic carbocycles. The van der Waals surface area contributed by atoms with Gasteiger partial charge in [-0.25, -0.2) is 0 Å². The molecule has 20 heavy (non-hydrogen) atoms. The summed E-state index contributed by atoms with van der Waals surface area (Å²) in [5.41, 5.74) is 2.91. The van der Waals surface area contributed by atoms with Crippen LogP contribution in [0, 0.1) is 5.92 Å². The van der Waals surface area contributed by atoms with Crippen LogP contribution in [0.15, 0.2) is 24.3 Å². The van der Waals surface area contributed by atoms with Crippen LogP contribution in [0.5, 0.6) is 0 Å². The third-order valence-corrected chi connectivity index (χ3v) is 4.58. The summed E-state index contributed by atoms with van der Waals surface area (Å²) in [7, 11) is 0. The number of aliphatic carboxylic acids is 1. The van der Waals surface area contributed by atoms with Crippen LogP contribution in [0.2, 0.25) is 0 Å². The van der Waals surface area contributed by atoms with E-state index in [2.05, 4.69) is 29.2 Å². The molecule has 0 bridgehead atoms. The summed E-state index contributed by atoms with van der Waals surface area (Å²) >= 11 is 0. The summed E-state index contributed by atoms with van der Waals surface area (Å²) in [6.07, 6.45) is 5.09. The Labute approximate surface area is 120 Å². The lowest BCUT2D eigenvalue weighted by Gasteiger charge is -2.31. The fraction of sp³-hybridized carbons (Fsp3) is 0.588. The first-order valence-corrected chi connectivity index (χ1v) is 7.73. The second-order valence-corrected chi connectivity index (χ2v) is 6.34. The summed E-state index contributed by atoms with van der Waals surface area (Å²) in [5, 5.41) is 8.84. The molecule has 2 fully saturated rings. The van der Waals surface area contributed by atoms with Gasteiger partial charge < -0.3 is 5.11 Å². The van der Waals surface area contributed by atoms with Crippen molar-refractivity contribution in [1.82, 2.24) is 4.90 Å². The molecule has 1 aromatic carbocycles. The molecule has 1 heterocycles. The first-order valence-electron chi connectivity index (χ1n) is 7.73. The van der Waals surface area contributed by atoms with E-state index in [1.165, 1.54) is 24.0 Å². The van der Waals surface area contributed by atoms with Gasteiger partial charge in [0.25, 0.3) is 0 Å². The minimum absolute atomic E-state index is 0.338. The molecule has 3 heteroatoms. The van der Waals surface area contributed by atoms with E-state index in [4.69, 9.17) is 5.11 Å². The van der Waals surface area contributed by atoms with Gasteiger partial charge in [-0.1, -0.05) is 24.3 Å². The smallest absolute Gasteiger partial charge is 0.303 e. The Hall–Kier alpha value is -1.35. The van der Waals surface area contributed by atoms with Gasteiger partial charge in [0, 0.05) is 13.0 Å². The van der Waals surface area contributed by atoms with Crippen LogP contribution in [-0.2, 0) is 11.3 Å². The highest BCUT2D eigenvalue weighted by Crippen LogP contribution is 2.40. The molecule has 1 saturated heterocycles. The number of hydrogen-bond acceptors (Lipinski definition) is 2. The standard InChI is InChI=1S/C17H23NO2/c19-17(20)11-13-6-8-18(9-7-13)12-14-2-1-3-16(10-14)15-4-5-15/h1-3,10,13,15H,4-9,11-12H2,(H,19,20). The summed E-state index contributed by atoms with van der Waals surface area (Å²) in [6, 6.07) is 9.01. The number of likely N-dealkylation sites (tertiary alicyclic amines) is 1. The molecule has 0 aromatic heterocycles. The second kappa shape index (κ2) is 5.96. The maximum atomic E-state index is 10.7. The molecule has 2 aliphatic rings. The van der Waals surface area contributed by atoms with Crippen LogP contribution in [0.25, 0.3) is 0 Å². The number of rotatable bonds is 5. The van der Waals surface area contributed by atoms with Gasteiger partial charge in [0.15, 0.2) is 0 Å². The van der Waals surface area contributed by atoms with E-state index >= 15 is 0 Å². The molecular weight excluding hydrogens is 250 g/mol. The number of hydrogen-bond donors (Lipinski definition) is 1. The first-order chi connectivity index (χ1) is 9.70. The van der Waals surface area contributed by atoms with Crippen molar-refractivity contribution in [2.75, 3.05) is 13.1 Å². The number of carbonyl (C=O) groups is 1. The monoisotopic (exact) mass is 273 g/mol. The highest BCUT2D eigenvalue weighted by Gasteiger charge is 2.24. The minimum Gasteiger partial charge on any atom is -0.481 e. The van der Waals surface area contributed by atoms with Crippen molar-refractivity contribution in [3.05, 3.63) is 35.4 Å². The van der Waals surface area contributed by atoms with E-state index < -0.39 is 5.97 Å². The van der Waals surface area contributed by atoms with Crippen LogP contribution >= 0.6 is 0 Å². The third-order valence-electron chi connectivity index (χ3n) is 4.58. The maximum absolute atomic E-state index is 10.7. The van der Waals surface area contributed by atoms with Crippen molar-refractivity contribution < 1.29 is 9.90 Å². The first kappa shape index (κ1) is 13.6. The lowest BCUT2D eigenvalue weighted by molar-refractivity contribution is -0.138. The largest absolute Gasteiger partial charge is 0.481 e. The van der Waals surface area contributed by atoms with Crippen LogP contribution < -0.4 is 0 Å². The topological polar surface area (TPSA) is 40.5 Å². The zero-order valence-electron chi connectivity index (χ0n) is 11.9. The SMILES string of the molecule is O=C(O)CC1CCN(Cc2cccc(C3CC3)c2)CC1. The summed E-state index contributed by atoms with van der Waals surface area (Å²) in [4.78, 5) is 13.2. The normalized spacial score (nSPS) is 21.0. The lowest BCUT2D eigenvalue weighted by Crippen LogP contribution is -2.33. The molecule has 0 radical (unpaired) electrons. The number of carboxylic acid groups (broad SMARTS) is 1. The molecule has 108 valence electrons. The molecular formula is C17H23NO2. The number of benzene rings is 1. The van der Waals surface area contributed by atoms with Crippen LogP contribution in [0.1, 0.15) is 49.1 Å². The van der Waals surface area contributed by atoms with Gasteiger partial charge in [0.05, 0.1) is 0 Å². The fourth-order valence-electron chi connectivity index (χ4n) is 3.22. The predicted octanol–water partition coefficient (Wildman–Crippen LogP) is 3.25.